The molecular formula is C22H16NS4+. The summed E-state index contributed by atoms with van der Waals surface area (Å²) in [5.74, 6) is 0. The molecule has 5 heterocycles. The second-order valence-corrected chi connectivity index (χ2v) is 10.3. The summed E-state index contributed by atoms with van der Waals surface area (Å²) >= 11 is 7.32. The van der Waals surface area contributed by atoms with Crippen LogP contribution in [-0.2, 0) is 7.05 Å². The van der Waals surface area contributed by atoms with E-state index in [0.717, 1.165) is 0 Å². The first-order valence-corrected chi connectivity index (χ1v) is 11.9. The van der Waals surface area contributed by atoms with Crippen molar-refractivity contribution in [1.29, 1.82) is 0 Å². The molecule has 5 aromatic heterocycles. The molecule has 0 spiro atoms. The van der Waals surface area contributed by atoms with Gasteiger partial charge in [-0.1, -0.05) is 12.1 Å². The van der Waals surface area contributed by atoms with Gasteiger partial charge >= 0.3 is 0 Å². The Labute approximate surface area is 174 Å². The summed E-state index contributed by atoms with van der Waals surface area (Å²) in [7, 11) is 2.11. The summed E-state index contributed by atoms with van der Waals surface area (Å²) in [6, 6.07) is 19.9. The molecule has 27 heavy (non-hydrogen) atoms. The van der Waals surface area contributed by atoms with Gasteiger partial charge in [0, 0.05) is 29.3 Å². The van der Waals surface area contributed by atoms with Crippen molar-refractivity contribution in [3.05, 3.63) is 77.8 Å². The van der Waals surface area contributed by atoms with Gasteiger partial charge in [0.05, 0.1) is 11.1 Å². The van der Waals surface area contributed by atoms with Gasteiger partial charge in [0.15, 0.2) is 12.4 Å². The fourth-order valence-corrected chi connectivity index (χ4v) is 6.72. The monoisotopic (exact) mass is 422 g/mol. The average molecular weight is 423 g/mol. The third-order valence-corrected chi connectivity index (χ3v) is 8.71. The fourth-order valence-electron chi connectivity index (χ4n) is 3.08. The molecule has 5 aromatic rings. The summed E-state index contributed by atoms with van der Waals surface area (Å²) in [5.41, 5.74) is 2.54. The maximum Gasteiger partial charge on any atom is 0.177 e. The number of pyridine rings is 1. The molecule has 0 N–H and O–H groups in total. The second kappa shape index (κ2) is 7.17. The van der Waals surface area contributed by atoms with Gasteiger partial charge in [-0.25, -0.2) is 4.57 Å². The number of thiophene rings is 4. The van der Waals surface area contributed by atoms with E-state index in [4.69, 9.17) is 0 Å². The van der Waals surface area contributed by atoms with Gasteiger partial charge in [0.1, 0.15) is 7.05 Å². The molecule has 0 radical (unpaired) electrons. The highest BCUT2D eigenvalue weighted by molar-refractivity contribution is 7.23. The summed E-state index contributed by atoms with van der Waals surface area (Å²) in [6.45, 7) is 0. The van der Waals surface area contributed by atoms with Gasteiger partial charge in [-0.3, -0.25) is 0 Å². The lowest BCUT2D eigenvalue weighted by Gasteiger charge is -2.01. The zero-order valence-corrected chi connectivity index (χ0v) is 17.9. The molecule has 0 unspecified atom stereocenters. The van der Waals surface area contributed by atoms with Crippen LogP contribution in [0.4, 0.5) is 0 Å². The SMILES string of the molecule is C[n+]1cc(-c2ccc(-c3cccs3)s2)cc(-c2ccc(-c3cccs3)s2)c1. The summed E-state index contributed by atoms with van der Waals surface area (Å²) in [6.07, 6.45) is 4.42. The van der Waals surface area contributed by atoms with Crippen LogP contribution in [0, 0.1) is 0 Å². The van der Waals surface area contributed by atoms with Crippen LogP contribution in [-0.4, -0.2) is 0 Å². The molecule has 0 amide bonds. The first-order valence-electron chi connectivity index (χ1n) is 8.55. The highest BCUT2D eigenvalue weighted by Gasteiger charge is 2.13. The Balaban J connectivity index is 1.52. The smallest absolute Gasteiger partial charge is 0.177 e. The normalized spacial score (nSPS) is 11.1. The van der Waals surface area contributed by atoms with Crippen molar-refractivity contribution >= 4 is 45.3 Å². The Morgan fingerprint density at radius 1 is 0.593 bits per heavy atom. The maximum atomic E-state index is 2.31. The molecule has 0 atom stereocenters. The van der Waals surface area contributed by atoms with E-state index in [-0.39, 0.29) is 0 Å². The number of hydrogen-bond donors (Lipinski definition) is 0. The van der Waals surface area contributed by atoms with Crippen molar-refractivity contribution in [1.82, 2.24) is 0 Å². The lowest BCUT2D eigenvalue weighted by molar-refractivity contribution is -0.670. The zero-order chi connectivity index (χ0) is 18.2. The Bertz CT molecular complexity index is 1090. The molecule has 0 saturated heterocycles. The van der Waals surface area contributed by atoms with Crippen molar-refractivity contribution in [2.45, 2.75) is 0 Å². The van der Waals surface area contributed by atoms with E-state index in [9.17, 15) is 0 Å². The van der Waals surface area contributed by atoms with Crippen molar-refractivity contribution in [2.75, 3.05) is 0 Å². The van der Waals surface area contributed by atoms with E-state index in [1.807, 2.05) is 22.7 Å². The van der Waals surface area contributed by atoms with E-state index in [1.165, 1.54) is 40.4 Å². The van der Waals surface area contributed by atoms with Gasteiger partial charge < -0.3 is 0 Å². The second-order valence-electron chi connectivity index (χ2n) is 6.26. The van der Waals surface area contributed by atoms with Gasteiger partial charge in [0.2, 0.25) is 0 Å². The molecule has 5 rings (SSSR count). The number of aromatic nitrogens is 1. The Morgan fingerprint density at radius 3 is 1.52 bits per heavy atom. The van der Waals surface area contributed by atoms with Crippen LogP contribution in [0.2, 0.25) is 0 Å². The predicted molar refractivity (Wildman–Crippen MR) is 121 cm³/mol. The minimum Gasteiger partial charge on any atom is -0.207 e. The molecule has 0 aliphatic rings. The minimum absolute atomic E-state index is 1.27. The molecule has 5 heteroatoms. The third kappa shape index (κ3) is 3.44. The topological polar surface area (TPSA) is 3.88 Å². The minimum atomic E-state index is 1.27. The van der Waals surface area contributed by atoms with Crippen LogP contribution in [0.15, 0.2) is 77.8 Å². The van der Waals surface area contributed by atoms with Crippen LogP contribution < -0.4 is 4.57 Å². The molecule has 0 aromatic carbocycles. The van der Waals surface area contributed by atoms with E-state index < -0.39 is 0 Å². The molecule has 0 fully saturated rings. The highest BCUT2D eigenvalue weighted by Crippen LogP contribution is 2.39. The van der Waals surface area contributed by atoms with Gasteiger partial charge in [-0.15, -0.1) is 45.3 Å². The van der Waals surface area contributed by atoms with Crippen LogP contribution in [0.1, 0.15) is 0 Å². The van der Waals surface area contributed by atoms with E-state index in [0.29, 0.717) is 0 Å². The average Bonchev–Trinajstić information content (AvgIpc) is 3.49. The maximum absolute atomic E-state index is 2.31. The first kappa shape index (κ1) is 17.1. The molecule has 132 valence electrons. The summed E-state index contributed by atoms with van der Waals surface area (Å²) < 4.78 is 2.17. The van der Waals surface area contributed by atoms with E-state index in [1.54, 1.807) is 22.7 Å². The van der Waals surface area contributed by atoms with Crippen LogP contribution >= 0.6 is 45.3 Å². The first-order chi connectivity index (χ1) is 13.3. The quantitative estimate of drug-likeness (QED) is 0.265. The van der Waals surface area contributed by atoms with Crippen molar-refractivity contribution in [2.24, 2.45) is 7.05 Å². The molecule has 0 bridgehead atoms. The fraction of sp³-hybridized carbons (Fsp3) is 0.0455. The Kier molecular flexibility index (Phi) is 4.53. The largest absolute Gasteiger partial charge is 0.207 e. The van der Waals surface area contributed by atoms with Crippen molar-refractivity contribution in [3.63, 3.8) is 0 Å². The Hall–Kier alpha value is -2.05. The third-order valence-electron chi connectivity index (χ3n) is 4.31. The summed E-state index contributed by atoms with van der Waals surface area (Å²) in [5, 5.41) is 4.27. The van der Waals surface area contributed by atoms with Gasteiger partial charge in [0.25, 0.3) is 0 Å². The van der Waals surface area contributed by atoms with E-state index >= 15 is 0 Å². The molecule has 0 aliphatic carbocycles. The summed E-state index contributed by atoms with van der Waals surface area (Å²) in [4.78, 5) is 7.97. The Morgan fingerprint density at radius 2 is 1.07 bits per heavy atom. The predicted octanol–water partition coefficient (Wildman–Crippen LogP) is 7.43. The molecular weight excluding hydrogens is 407 g/mol. The van der Waals surface area contributed by atoms with Crippen molar-refractivity contribution < 1.29 is 4.57 Å². The highest BCUT2D eigenvalue weighted by atomic mass is 32.1. The number of nitrogens with zero attached hydrogens (tertiary/aromatic N) is 1. The zero-order valence-electron chi connectivity index (χ0n) is 14.6. The van der Waals surface area contributed by atoms with Gasteiger partial charge in [-0.2, -0.15) is 0 Å². The number of aryl methyl sites for hydroxylation is 1. The van der Waals surface area contributed by atoms with Crippen molar-refractivity contribution in [3.8, 4) is 40.4 Å². The van der Waals surface area contributed by atoms with Crippen LogP contribution in [0.25, 0.3) is 40.4 Å². The number of hydrogen-bond acceptors (Lipinski definition) is 4. The van der Waals surface area contributed by atoms with Crippen LogP contribution in [0.3, 0.4) is 0 Å². The molecule has 0 saturated carbocycles. The lowest BCUT2D eigenvalue weighted by Crippen LogP contribution is -2.26. The molecule has 1 nitrogen and oxygen atoms in total. The lowest BCUT2D eigenvalue weighted by atomic mass is 10.1. The molecule has 0 aliphatic heterocycles. The van der Waals surface area contributed by atoms with Gasteiger partial charge in [-0.05, 0) is 53.2 Å². The van der Waals surface area contributed by atoms with E-state index in [2.05, 4.69) is 89.4 Å². The van der Waals surface area contributed by atoms with Crippen LogP contribution in [0.5, 0.6) is 0 Å². The standard InChI is InChI=1S/C22H16NS4/c1-23-13-15(17-6-8-21(26-17)19-4-2-10-24-19)12-16(14-23)18-7-9-22(27-18)20-5-3-11-25-20/h2-14H,1H3/q+1. The number of rotatable bonds is 4.